The van der Waals surface area contributed by atoms with E-state index in [2.05, 4.69) is 44.4 Å². The van der Waals surface area contributed by atoms with Crippen molar-refractivity contribution in [2.75, 3.05) is 53.4 Å². The highest BCUT2D eigenvalue weighted by molar-refractivity contribution is 4.89. The summed E-state index contributed by atoms with van der Waals surface area (Å²) in [5, 5.41) is 19.1. The first kappa shape index (κ1) is 24.8. The molecule has 0 aromatic carbocycles. The second-order valence-electron chi connectivity index (χ2n) is 11.1. The van der Waals surface area contributed by atoms with E-state index in [9.17, 15) is 10.2 Å². The summed E-state index contributed by atoms with van der Waals surface area (Å²) in [4.78, 5) is 6.77. The number of rotatable bonds is 5. The first-order valence-corrected chi connectivity index (χ1v) is 12.2. The van der Waals surface area contributed by atoms with E-state index >= 15 is 0 Å². The standard InChI is InChI=1S/C9H19NO.C8H17NO2.C8H17NO/c1-8(2)10-6-5-9(3,7-10)11-4;1-6(2)9-4-7(10)8(5-9)11-3;1-7(2)9-5-4-8(3,10)6-9/h8H,5-7H2,1-4H3;6-8,10H,4-5H2,1-3H3;7,10H,4-6H2,1-3H3/t9-;7-,8+;8-/m010/s1/i;3D3;. The van der Waals surface area contributed by atoms with Crippen molar-refractivity contribution in [3.8, 4) is 0 Å². The lowest BCUT2D eigenvalue weighted by molar-refractivity contribution is 0.0124. The zero-order valence-electron chi connectivity index (χ0n) is 25.1. The molecule has 3 aliphatic rings. The van der Waals surface area contributed by atoms with Crippen molar-refractivity contribution in [1.82, 2.24) is 14.7 Å². The lowest BCUT2D eigenvalue weighted by Crippen LogP contribution is -2.35. The largest absolute Gasteiger partial charge is 0.389 e. The van der Waals surface area contributed by atoms with Gasteiger partial charge in [-0.3, -0.25) is 14.7 Å². The normalized spacial score (nSPS) is 36.0. The van der Waals surface area contributed by atoms with Gasteiger partial charge in [-0.2, -0.15) is 0 Å². The first-order chi connectivity index (χ1) is 15.9. The van der Waals surface area contributed by atoms with Gasteiger partial charge in [-0.1, -0.05) is 0 Å². The van der Waals surface area contributed by atoms with Crippen LogP contribution in [0.2, 0.25) is 0 Å². The Balaban J connectivity index is 0.000000267. The molecule has 0 amide bonds. The summed E-state index contributed by atoms with van der Waals surface area (Å²) in [7, 11) is -0.609. The highest BCUT2D eigenvalue weighted by Crippen LogP contribution is 2.25. The predicted molar refractivity (Wildman–Crippen MR) is 132 cm³/mol. The highest BCUT2D eigenvalue weighted by Gasteiger charge is 2.34. The second-order valence-corrected chi connectivity index (χ2v) is 11.1. The lowest BCUT2D eigenvalue weighted by Gasteiger charge is -2.25. The molecule has 0 spiro atoms. The third-order valence-corrected chi connectivity index (χ3v) is 7.05. The van der Waals surface area contributed by atoms with Gasteiger partial charge in [0.2, 0.25) is 0 Å². The number of hydrogen-bond donors (Lipinski definition) is 2. The number of aliphatic hydroxyl groups is 2. The Hall–Kier alpha value is -0.280. The average Bonchev–Trinajstić information content (AvgIpc) is 3.39. The fourth-order valence-electron chi connectivity index (χ4n) is 4.32. The molecule has 32 heavy (non-hydrogen) atoms. The van der Waals surface area contributed by atoms with Crippen LogP contribution in [0.5, 0.6) is 0 Å². The maximum Gasteiger partial charge on any atom is 0.0969 e. The van der Waals surface area contributed by atoms with Crippen LogP contribution in [0, 0.1) is 0 Å². The molecule has 0 aromatic rings. The number of β-amino-alcohol motifs (C(OH)–C–C–N with tert-alkyl or cyclic N) is 2. The molecule has 3 heterocycles. The molecule has 7 nitrogen and oxygen atoms in total. The molecule has 0 radical (unpaired) electrons. The van der Waals surface area contributed by atoms with Crippen LogP contribution in [0.15, 0.2) is 0 Å². The van der Waals surface area contributed by atoms with Gasteiger partial charge in [-0.15, -0.1) is 0 Å². The third kappa shape index (κ3) is 9.53. The zero-order valence-corrected chi connectivity index (χ0v) is 22.1. The molecule has 0 bridgehead atoms. The topological polar surface area (TPSA) is 68.6 Å². The summed E-state index contributed by atoms with van der Waals surface area (Å²) >= 11 is 0. The van der Waals surface area contributed by atoms with E-state index in [1.165, 1.54) is 13.0 Å². The Bertz CT molecular complexity index is 619. The van der Waals surface area contributed by atoms with Gasteiger partial charge in [-0.05, 0) is 68.2 Å². The Morgan fingerprint density at radius 3 is 1.72 bits per heavy atom. The summed E-state index contributed by atoms with van der Waals surface area (Å²) in [5.74, 6) is 0. The minimum Gasteiger partial charge on any atom is -0.389 e. The first-order valence-electron chi connectivity index (χ1n) is 13.7. The van der Waals surface area contributed by atoms with Gasteiger partial charge in [-0.25, -0.2) is 0 Å². The zero-order chi connectivity index (χ0) is 27.2. The maximum absolute atomic E-state index is 9.57. The molecule has 4 atom stereocenters. The summed E-state index contributed by atoms with van der Waals surface area (Å²) in [6.45, 7) is 22.0. The van der Waals surface area contributed by atoms with Crippen LogP contribution >= 0.6 is 0 Å². The molecule has 0 aromatic heterocycles. The van der Waals surface area contributed by atoms with Crippen LogP contribution in [0.3, 0.4) is 0 Å². The van der Waals surface area contributed by atoms with E-state index < -0.39 is 24.8 Å². The van der Waals surface area contributed by atoms with Crippen LogP contribution in [0.1, 0.15) is 72.3 Å². The summed E-state index contributed by atoms with van der Waals surface area (Å²) in [6, 6.07) is 1.54. The van der Waals surface area contributed by atoms with Gasteiger partial charge >= 0.3 is 0 Å². The fourth-order valence-corrected chi connectivity index (χ4v) is 4.32. The van der Waals surface area contributed by atoms with E-state index in [0.717, 1.165) is 26.1 Å². The summed E-state index contributed by atoms with van der Waals surface area (Å²) < 4.78 is 31.1. The smallest absolute Gasteiger partial charge is 0.0969 e. The van der Waals surface area contributed by atoms with Crippen LogP contribution in [-0.2, 0) is 9.47 Å². The monoisotopic (exact) mass is 462 g/mol. The number of aliphatic hydroxyl groups excluding tert-OH is 1. The minimum absolute atomic E-state index is 0.115. The fraction of sp³-hybridized carbons (Fsp3) is 1.00. The molecule has 3 saturated heterocycles. The van der Waals surface area contributed by atoms with Gasteiger partial charge in [0.15, 0.2) is 0 Å². The van der Waals surface area contributed by atoms with Crippen LogP contribution in [-0.4, -0.2) is 120 Å². The van der Waals surface area contributed by atoms with E-state index in [4.69, 9.17) is 13.6 Å². The van der Waals surface area contributed by atoms with Crippen molar-refractivity contribution < 1.29 is 23.8 Å². The molecule has 7 heteroatoms. The molecule has 2 N–H and O–H groups in total. The van der Waals surface area contributed by atoms with Crippen molar-refractivity contribution in [3.05, 3.63) is 0 Å². The Labute approximate surface area is 202 Å². The molecule has 0 unspecified atom stereocenters. The van der Waals surface area contributed by atoms with Gasteiger partial charge in [0, 0.05) is 71.5 Å². The van der Waals surface area contributed by atoms with Crippen molar-refractivity contribution in [3.63, 3.8) is 0 Å². The second kappa shape index (κ2) is 13.0. The number of nitrogens with zero attached hydrogens (tertiary/aromatic N) is 3. The average molecular weight is 463 g/mol. The highest BCUT2D eigenvalue weighted by atomic mass is 16.5. The molecule has 192 valence electrons. The SMILES string of the molecule is CC(C)N1CC[C@](C)(O)C1.CO[C@@]1(C)CCN(C(C)C)C1.[2H]C([2H])([2H])O[C@H]1CN(C(C)C)C[C@H]1O. The summed E-state index contributed by atoms with van der Waals surface area (Å²) in [6.07, 6.45) is 0.801. The van der Waals surface area contributed by atoms with E-state index in [1.807, 2.05) is 32.8 Å². The Kier molecular flexibility index (Phi) is 10.1. The van der Waals surface area contributed by atoms with Crippen molar-refractivity contribution in [2.45, 2.75) is 110 Å². The maximum atomic E-state index is 9.57. The number of ether oxygens (including phenoxy) is 2. The van der Waals surface area contributed by atoms with E-state index in [-0.39, 0.29) is 5.60 Å². The predicted octanol–water partition coefficient (Wildman–Crippen LogP) is 2.44. The quantitative estimate of drug-likeness (QED) is 0.650. The van der Waals surface area contributed by atoms with Gasteiger partial charge < -0.3 is 19.7 Å². The third-order valence-electron chi connectivity index (χ3n) is 7.05. The number of hydrogen-bond acceptors (Lipinski definition) is 7. The molecule has 0 aliphatic carbocycles. The van der Waals surface area contributed by atoms with Crippen LogP contribution in [0.4, 0.5) is 0 Å². The number of methoxy groups -OCH3 is 2. The molecular formula is C25H53N3O4. The van der Waals surface area contributed by atoms with Crippen molar-refractivity contribution in [1.29, 1.82) is 0 Å². The van der Waals surface area contributed by atoms with Gasteiger partial charge in [0.1, 0.15) is 0 Å². The van der Waals surface area contributed by atoms with E-state index in [0.29, 0.717) is 31.2 Å². The van der Waals surface area contributed by atoms with Crippen molar-refractivity contribution >= 4 is 0 Å². The van der Waals surface area contributed by atoms with E-state index in [1.54, 1.807) is 0 Å². The molecule has 3 fully saturated rings. The Morgan fingerprint density at radius 2 is 1.41 bits per heavy atom. The summed E-state index contributed by atoms with van der Waals surface area (Å²) in [5.41, 5.74) is -0.311. The number of likely N-dealkylation sites (tertiary alicyclic amines) is 3. The van der Waals surface area contributed by atoms with Crippen LogP contribution < -0.4 is 0 Å². The van der Waals surface area contributed by atoms with Gasteiger partial charge in [0.05, 0.1) is 27.5 Å². The molecule has 0 saturated carbocycles. The Morgan fingerprint density at radius 1 is 0.875 bits per heavy atom. The lowest BCUT2D eigenvalue weighted by atomic mass is 10.1. The van der Waals surface area contributed by atoms with Crippen LogP contribution in [0.25, 0.3) is 0 Å². The van der Waals surface area contributed by atoms with Gasteiger partial charge in [0.25, 0.3) is 0 Å². The van der Waals surface area contributed by atoms with Crippen molar-refractivity contribution in [2.24, 2.45) is 0 Å². The molecule has 3 rings (SSSR count). The minimum atomic E-state index is -2.42. The molecule has 3 aliphatic heterocycles. The molecular weight excluding hydrogens is 406 g/mol.